The van der Waals surface area contributed by atoms with Gasteiger partial charge in [0.1, 0.15) is 11.6 Å². The number of hydrogen-bond donors (Lipinski definition) is 1. The molecule has 1 N–H and O–H groups in total. The molecule has 5 nitrogen and oxygen atoms in total. The van der Waals surface area contributed by atoms with E-state index in [0.717, 1.165) is 21.3 Å². The van der Waals surface area contributed by atoms with Crippen LogP contribution in [0.4, 0.5) is 10.1 Å². The first-order valence-electron chi connectivity index (χ1n) is 9.58. The second-order valence-corrected chi connectivity index (χ2v) is 8.46. The molecule has 0 radical (unpaired) electrons. The van der Waals surface area contributed by atoms with E-state index in [1.165, 1.54) is 12.1 Å². The topological polar surface area (TPSA) is 53.9 Å². The van der Waals surface area contributed by atoms with E-state index < -0.39 is 5.72 Å². The number of carbonyl (C=O) groups excluding carboxylic acids is 1. The van der Waals surface area contributed by atoms with Gasteiger partial charge in [0.05, 0.1) is 23.0 Å². The molecule has 3 aromatic rings. The van der Waals surface area contributed by atoms with Gasteiger partial charge in [-0.15, -0.1) is 0 Å². The number of fused-ring (bicyclic) bond motifs is 6. The normalized spacial score (nSPS) is 23.4. The van der Waals surface area contributed by atoms with Crippen LogP contribution in [0.25, 0.3) is 0 Å². The average molecular weight is 464 g/mol. The highest BCUT2D eigenvalue weighted by Crippen LogP contribution is 2.54. The van der Waals surface area contributed by atoms with Crippen molar-refractivity contribution in [1.29, 1.82) is 0 Å². The maximum atomic E-state index is 13.4. The van der Waals surface area contributed by atoms with Crippen molar-refractivity contribution in [2.24, 2.45) is 5.10 Å². The molecule has 0 unspecified atom stereocenters. The van der Waals surface area contributed by atoms with Crippen LogP contribution in [0.2, 0.25) is 0 Å². The zero-order chi connectivity index (χ0) is 20.5. The Labute approximate surface area is 180 Å². The molecule has 3 aromatic carbocycles. The summed E-state index contributed by atoms with van der Waals surface area (Å²) in [4.78, 5) is 13.3. The molecule has 148 valence electrons. The molecule has 7 heteroatoms. The lowest BCUT2D eigenvalue weighted by molar-refractivity contribution is -0.161. The van der Waals surface area contributed by atoms with E-state index in [1.807, 2.05) is 42.5 Å². The number of halogens is 2. The molecule has 0 bridgehead atoms. The van der Waals surface area contributed by atoms with Crippen LogP contribution in [0, 0.1) is 5.82 Å². The Balaban J connectivity index is 1.57. The Bertz CT molecular complexity index is 1240. The second kappa shape index (κ2) is 6.15. The largest absolute Gasteiger partial charge is 0.453 e. The zero-order valence-corrected chi connectivity index (χ0v) is 17.2. The van der Waals surface area contributed by atoms with Gasteiger partial charge in [-0.25, -0.2) is 9.40 Å². The number of amides is 1. The number of rotatable bonds is 1. The standard InChI is InChI=1S/C23H15BrFN3O2/c24-14-7-10-18-17(11-14)23(22(29)26-18)28-20(16-3-1-2-4-21(16)30-23)12-19(27-28)13-5-8-15(25)9-6-13/h1-11,20H,12H2,(H,26,29)/t20-,23+/m0/s1. The first-order chi connectivity index (χ1) is 14.6. The Morgan fingerprint density at radius 1 is 1.13 bits per heavy atom. The number of nitrogens with zero attached hydrogens (tertiary/aromatic N) is 2. The minimum absolute atomic E-state index is 0.175. The summed E-state index contributed by atoms with van der Waals surface area (Å²) in [5.74, 6) is 0.0886. The van der Waals surface area contributed by atoms with Crippen molar-refractivity contribution >= 4 is 33.2 Å². The monoisotopic (exact) mass is 463 g/mol. The van der Waals surface area contributed by atoms with Crippen LogP contribution in [0.3, 0.4) is 0 Å². The number of ether oxygens (including phenoxy) is 1. The summed E-state index contributed by atoms with van der Waals surface area (Å²) in [6.07, 6.45) is 0.588. The summed E-state index contributed by atoms with van der Waals surface area (Å²) in [5, 5.41) is 9.56. The van der Waals surface area contributed by atoms with Crippen molar-refractivity contribution in [3.63, 3.8) is 0 Å². The van der Waals surface area contributed by atoms with Gasteiger partial charge in [0.15, 0.2) is 0 Å². The van der Waals surface area contributed by atoms with E-state index in [2.05, 4.69) is 21.2 Å². The van der Waals surface area contributed by atoms with E-state index in [9.17, 15) is 9.18 Å². The van der Waals surface area contributed by atoms with Crippen LogP contribution >= 0.6 is 15.9 Å². The van der Waals surface area contributed by atoms with Crippen LogP contribution in [-0.2, 0) is 10.5 Å². The lowest BCUT2D eigenvalue weighted by atomic mass is 9.92. The molecular weight excluding hydrogens is 449 g/mol. The van der Waals surface area contributed by atoms with Crippen LogP contribution < -0.4 is 10.1 Å². The van der Waals surface area contributed by atoms with Gasteiger partial charge in [-0.1, -0.05) is 46.3 Å². The average Bonchev–Trinajstić information content (AvgIpc) is 3.30. The van der Waals surface area contributed by atoms with E-state index in [-0.39, 0.29) is 17.8 Å². The van der Waals surface area contributed by atoms with Gasteiger partial charge >= 0.3 is 5.72 Å². The number of nitrogens with one attached hydrogen (secondary N) is 1. The maximum absolute atomic E-state index is 13.4. The molecule has 0 saturated carbocycles. The van der Waals surface area contributed by atoms with Crippen molar-refractivity contribution < 1.29 is 13.9 Å². The van der Waals surface area contributed by atoms with Crippen LogP contribution in [0.15, 0.2) is 76.3 Å². The van der Waals surface area contributed by atoms with Gasteiger partial charge in [-0.05, 0) is 42.0 Å². The van der Waals surface area contributed by atoms with Crippen LogP contribution in [-0.4, -0.2) is 16.6 Å². The smallest absolute Gasteiger partial charge is 0.306 e. The Morgan fingerprint density at radius 3 is 2.77 bits per heavy atom. The summed E-state index contributed by atoms with van der Waals surface area (Å²) in [7, 11) is 0. The molecule has 0 fully saturated rings. The van der Waals surface area contributed by atoms with E-state index >= 15 is 0 Å². The molecule has 0 saturated heterocycles. The van der Waals surface area contributed by atoms with Crippen molar-refractivity contribution in [3.05, 3.63) is 93.7 Å². The summed E-state index contributed by atoms with van der Waals surface area (Å²) in [6, 6.07) is 19.4. The highest BCUT2D eigenvalue weighted by Gasteiger charge is 2.60. The molecule has 3 aliphatic heterocycles. The lowest BCUT2D eigenvalue weighted by Crippen LogP contribution is -2.55. The third-order valence-electron chi connectivity index (χ3n) is 5.85. The van der Waals surface area contributed by atoms with Crippen molar-refractivity contribution in [1.82, 2.24) is 5.01 Å². The number of hydrogen-bond acceptors (Lipinski definition) is 4. The summed E-state index contributed by atoms with van der Waals surface area (Å²) >= 11 is 3.51. The van der Waals surface area contributed by atoms with E-state index in [1.54, 1.807) is 17.1 Å². The molecule has 3 heterocycles. The number of carbonyl (C=O) groups is 1. The number of para-hydroxylation sites is 1. The fourth-order valence-corrected chi connectivity index (χ4v) is 4.84. The minimum Gasteiger partial charge on any atom is -0.453 e. The van der Waals surface area contributed by atoms with Gasteiger partial charge < -0.3 is 10.1 Å². The highest BCUT2D eigenvalue weighted by atomic mass is 79.9. The van der Waals surface area contributed by atoms with Gasteiger partial charge in [0.2, 0.25) is 0 Å². The van der Waals surface area contributed by atoms with Crippen LogP contribution in [0.1, 0.15) is 29.2 Å². The van der Waals surface area contributed by atoms with Gasteiger partial charge in [0, 0.05) is 16.5 Å². The Kier molecular flexibility index (Phi) is 3.62. The molecule has 30 heavy (non-hydrogen) atoms. The number of hydrazone groups is 1. The quantitative estimate of drug-likeness (QED) is 0.556. The summed E-state index contributed by atoms with van der Waals surface area (Å²) < 4.78 is 20.7. The fraction of sp³-hybridized carbons (Fsp3) is 0.130. The lowest BCUT2D eigenvalue weighted by Gasteiger charge is -2.44. The van der Waals surface area contributed by atoms with Gasteiger partial charge in [0.25, 0.3) is 5.91 Å². The summed E-state index contributed by atoms with van der Waals surface area (Å²) in [6.45, 7) is 0. The summed E-state index contributed by atoms with van der Waals surface area (Å²) in [5.41, 5.74) is 2.60. The molecular formula is C23H15BrFN3O2. The van der Waals surface area contributed by atoms with Crippen LogP contribution in [0.5, 0.6) is 5.75 Å². The first kappa shape index (κ1) is 17.7. The van der Waals surface area contributed by atoms with Crippen molar-refractivity contribution in [2.75, 3.05) is 5.32 Å². The van der Waals surface area contributed by atoms with Crippen molar-refractivity contribution in [3.8, 4) is 5.75 Å². The van der Waals surface area contributed by atoms with Crippen molar-refractivity contribution in [2.45, 2.75) is 18.2 Å². The zero-order valence-electron chi connectivity index (χ0n) is 15.6. The number of benzene rings is 3. The minimum atomic E-state index is -1.40. The van der Waals surface area contributed by atoms with Gasteiger partial charge in [-0.2, -0.15) is 5.10 Å². The Morgan fingerprint density at radius 2 is 1.93 bits per heavy atom. The van der Waals surface area contributed by atoms with Gasteiger partial charge in [-0.3, -0.25) is 4.79 Å². The SMILES string of the molecule is O=C1Nc2ccc(Br)cc2[C@@]12Oc1ccccc1[C@@H]1CC(c3ccc(F)cc3)=NN12. The molecule has 1 spiro atoms. The van der Waals surface area contributed by atoms with E-state index in [0.29, 0.717) is 23.4 Å². The highest BCUT2D eigenvalue weighted by molar-refractivity contribution is 9.10. The number of anilines is 1. The first-order valence-corrected chi connectivity index (χ1v) is 10.4. The molecule has 1 amide bonds. The third kappa shape index (κ3) is 2.32. The molecule has 0 aliphatic carbocycles. The molecule has 0 aromatic heterocycles. The molecule has 3 aliphatic rings. The second-order valence-electron chi connectivity index (χ2n) is 7.55. The molecule has 6 rings (SSSR count). The Hall–Kier alpha value is -3.19. The third-order valence-corrected chi connectivity index (χ3v) is 6.34. The van der Waals surface area contributed by atoms with E-state index in [4.69, 9.17) is 9.84 Å². The predicted molar refractivity (Wildman–Crippen MR) is 114 cm³/mol. The molecule has 2 atom stereocenters. The predicted octanol–water partition coefficient (Wildman–Crippen LogP) is 4.94. The maximum Gasteiger partial charge on any atom is 0.306 e. The fourth-order valence-electron chi connectivity index (χ4n) is 4.48.